The van der Waals surface area contributed by atoms with Gasteiger partial charge in [0.2, 0.25) is 5.91 Å². The zero-order valence-electron chi connectivity index (χ0n) is 30.3. The molecule has 0 aliphatic carbocycles. The van der Waals surface area contributed by atoms with Crippen LogP contribution < -0.4 is 9.80 Å². The Labute approximate surface area is 310 Å². The SMILES string of the molecule is C[C@H]1[C@H]([Si](C)(C)O)[C@@H](CCn2cc(C(CO)c3ccccc3)nn2)O[C@]12C(=O)N(Cc1ccc(N3C(=O)CCc4ccccc43)cc1)c1ccccc12. The summed E-state index contributed by atoms with van der Waals surface area (Å²) in [5.74, 6) is -0.627. The minimum Gasteiger partial charge on any atom is -0.432 e. The zero-order valence-corrected chi connectivity index (χ0v) is 31.3. The third-order valence-electron chi connectivity index (χ3n) is 11.5. The van der Waals surface area contributed by atoms with Gasteiger partial charge in [0.05, 0.1) is 42.2 Å². The molecule has 1 unspecified atom stereocenters. The van der Waals surface area contributed by atoms with Crippen LogP contribution in [0.1, 0.15) is 53.6 Å². The lowest BCUT2D eigenvalue weighted by Gasteiger charge is -2.32. The summed E-state index contributed by atoms with van der Waals surface area (Å²) in [6.07, 6.45) is 3.20. The van der Waals surface area contributed by atoms with Crippen LogP contribution in [-0.2, 0) is 39.4 Å². The lowest BCUT2D eigenvalue weighted by atomic mass is 9.82. The maximum atomic E-state index is 14.9. The van der Waals surface area contributed by atoms with E-state index in [2.05, 4.69) is 23.3 Å². The maximum absolute atomic E-state index is 14.9. The van der Waals surface area contributed by atoms with Gasteiger partial charge in [-0.15, -0.1) is 5.10 Å². The minimum absolute atomic E-state index is 0.0691. The van der Waals surface area contributed by atoms with E-state index in [0.717, 1.165) is 45.7 Å². The minimum atomic E-state index is -2.85. The second-order valence-corrected chi connectivity index (χ2v) is 19.1. The van der Waals surface area contributed by atoms with Crippen molar-refractivity contribution in [1.82, 2.24) is 15.0 Å². The van der Waals surface area contributed by atoms with Crippen molar-refractivity contribution < 1.29 is 24.2 Å². The molecule has 53 heavy (non-hydrogen) atoms. The summed E-state index contributed by atoms with van der Waals surface area (Å²) in [6, 6.07) is 33.5. The van der Waals surface area contributed by atoms with E-state index in [9.17, 15) is 19.5 Å². The highest BCUT2D eigenvalue weighted by atomic mass is 28.4. The van der Waals surface area contributed by atoms with Crippen LogP contribution in [0.3, 0.4) is 0 Å². The molecule has 11 heteroatoms. The van der Waals surface area contributed by atoms with E-state index in [1.165, 1.54) is 0 Å². The van der Waals surface area contributed by atoms with Crippen molar-refractivity contribution in [1.29, 1.82) is 0 Å². The Kier molecular flexibility index (Phi) is 9.14. The second kappa shape index (κ2) is 13.8. The summed E-state index contributed by atoms with van der Waals surface area (Å²) in [5.41, 5.74) is 5.62. The van der Waals surface area contributed by atoms with Crippen molar-refractivity contribution in [3.8, 4) is 0 Å². The Hall–Kier alpha value is -4.94. The summed E-state index contributed by atoms with van der Waals surface area (Å²) in [5, 5.41) is 18.9. The van der Waals surface area contributed by atoms with Crippen LogP contribution in [0.25, 0.3) is 0 Å². The van der Waals surface area contributed by atoms with Gasteiger partial charge in [-0.05, 0) is 66.9 Å². The number of carbonyl (C=O) groups excluding carboxylic acids is 2. The highest BCUT2D eigenvalue weighted by Gasteiger charge is 2.66. The zero-order chi connectivity index (χ0) is 36.9. The van der Waals surface area contributed by atoms with Gasteiger partial charge in [-0.1, -0.05) is 91.0 Å². The molecule has 3 aliphatic heterocycles. The molecule has 272 valence electrons. The number of hydrogen-bond donors (Lipinski definition) is 2. The quantitative estimate of drug-likeness (QED) is 0.159. The van der Waals surface area contributed by atoms with Crippen molar-refractivity contribution in [3.05, 3.63) is 137 Å². The first-order chi connectivity index (χ1) is 25.6. The Morgan fingerprint density at radius 3 is 2.34 bits per heavy atom. The van der Waals surface area contributed by atoms with Crippen molar-refractivity contribution in [2.24, 2.45) is 5.92 Å². The highest BCUT2D eigenvalue weighted by molar-refractivity contribution is 6.71. The number of aliphatic hydroxyl groups excluding tert-OH is 1. The molecule has 0 radical (unpaired) electrons. The molecule has 2 amide bonds. The van der Waals surface area contributed by atoms with Gasteiger partial charge in [-0.3, -0.25) is 19.2 Å². The maximum Gasteiger partial charge on any atom is 0.264 e. The number of aryl methyl sites for hydroxylation is 2. The number of aromatic nitrogens is 3. The predicted molar refractivity (Wildman–Crippen MR) is 205 cm³/mol. The monoisotopic (exact) mass is 727 g/mol. The van der Waals surface area contributed by atoms with E-state index < -0.39 is 20.0 Å². The number of anilines is 3. The molecule has 1 aromatic heterocycles. The average molecular weight is 728 g/mol. The van der Waals surface area contributed by atoms with Crippen LogP contribution in [0.4, 0.5) is 17.1 Å². The molecule has 8 rings (SSSR count). The number of benzene rings is 4. The predicted octanol–water partition coefficient (Wildman–Crippen LogP) is 6.45. The number of hydrogen-bond acceptors (Lipinski definition) is 7. The third-order valence-corrected chi connectivity index (χ3v) is 14.0. The Morgan fingerprint density at radius 1 is 0.906 bits per heavy atom. The van der Waals surface area contributed by atoms with Gasteiger partial charge >= 0.3 is 0 Å². The van der Waals surface area contributed by atoms with Crippen molar-refractivity contribution >= 4 is 37.2 Å². The molecule has 1 saturated heterocycles. The van der Waals surface area contributed by atoms with Gasteiger partial charge in [-0.2, -0.15) is 0 Å². The molecule has 5 atom stereocenters. The van der Waals surface area contributed by atoms with Crippen LogP contribution in [0, 0.1) is 5.92 Å². The van der Waals surface area contributed by atoms with Gasteiger partial charge < -0.3 is 19.5 Å². The number of ether oxygens (including phenoxy) is 1. The summed E-state index contributed by atoms with van der Waals surface area (Å²) >= 11 is 0. The van der Waals surface area contributed by atoms with Gasteiger partial charge in [0.15, 0.2) is 13.9 Å². The van der Waals surface area contributed by atoms with Gasteiger partial charge in [0.25, 0.3) is 5.91 Å². The normalized spacial score (nSPS) is 23.1. The molecule has 2 N–H and O–H groups in total. The Morgan fingerprint density at radius 2 is 1.60 bits per heavy atom. The summed E-state index contributed by atoms with van der Waals surface area (Å²) in [4.78, 5) is 43.2. The largest absolute Gasteiger partial charge is 0.432 e. The van der Waals surface area contributed by atoms with E-state index in [4.69, 9.17) is 4.74 Å². The van der Waals surface area contributed by atoms with Crippen LogP contribution in [0.5, 0.6) is 0 Å². The van der Waals surface area contributed by atoms with E-state index >= 15 is 0 Å². The number of aliphatic hydroxyl groups is 1. The standard InChI is InChI=1S/C42H45N5O5Si/c1-28-40(53(2,3)51)38(23-24-45-26-35(43-44-45)33(27-48)30-11-5-4-6-12-30)52-42(28)34-14-8-10-16-37(34)46(41(42)50)25-29-17-20-32(21-18-29)47-36-15-9-7-13-31(36)19-22-39(47)49/h4-18,20-21,26,28,33,38,40,48,51H,19,22-25,27H2,1-3H3/t28-,33?,38+,40-,42+/m0/s1. The first-order valence-corrected chi connectivity index (χ1v) is 21.5. The first-order valence-electron chi connectivity index (χ1n) is 18.5. The van der Waals surface area contributed by atoms with Gasteiger partial charge in [0, 0.05) is 41.9 Å². The van der Waals surface area contributed by atoms with Crippen LogP contribution >= 0.6 is 0 Å². The molecule has 4 heterocycles. The lowest BCUT2D eigenvalue weighted by molar-refractivity contribution is -0.146. The molecule has 0 saturated carbocycles. The fourth-order valence-corrected chi connectivity index (χ4v) is 11.6. The summed E-state index contributed by atoms with van der Waals surface area (Å²) in [6.45, 7) is 6.64. The molecule has 1 fully saturated rings. The number of para-hydroxylation sites is 2. The van der Waals surface area contributed by atoms with Crippen LogP contribution in [0.15, 0.2) is 109 Å². The molecule has 1 spiro atoms. The summed E-state index contributed by atoms with van der Waals surface area (Å²) < 4.78 is 8.78. The molecule has 4 aromatic carbocycles. The molecule has 5 aromatic rings. The van der Waals surface area contributed by atoms with Crippen LogP contribution in [-0.4, -0.2) is 57.7 Å². The lowest BCUT2D eigenvalue weighted by Crippen LogP contribution is -2.46. The van der Waals surface area contributed by atoms with E-state index in [0.29, 0.717) is 31.6 Å². The number of carbonyl (C=O) groups is 2. The smallest absolute Gasteiger partial charge is 0.264 e. The summed E-state index contributed by atoms with van der Waals surface area (Å²) in [7, 11) is -2.85. The van der Waals surface area contributed by atoms with E-state index in [1.54, 1.807) is 9.58 Å². The topological polar surface area (TPSA) is 121 Å². The molecule has 3 aliphatic rings. The number of amides is 2. The highest BCUT2D eigenvalue weighted by Crippen LogP contribution is 2.59. The number of fused-ring (bicyclic) bond motifs is 3. The van der Waals surface area contributed by atoms with Crippen molar-refractivity contribution in [2.75, 3.05) is 16.4 Å². The molecular formula is C42H45N5O5Si. The van der Waals surface area contributed by atoms with E-state index in [1.807, 2.05) is 121 Å². The van der Waals surface area contributed by atoms with Gasteiger partial charge in [0.1, 0.15) is 0 Å². The molecule has 0 bridgehead atoms. The third kappa shape index (κ3) is 6.11. The fraction of sp³-hybridized carbons (Fsp3) is 0.333. The molecule has 10 nitrogen and oxygen atoms in total. The van der Waals surface area contributed by atoms with Gasteiger partial charge in [-0.25, -0.2) is 0 Å². The fourth-order valence-electron chi connectivity index (χ4n) is 9.00. The number of rotatable bonds is 10. The molecular weight excluding hydrogens is 683 g/mol. The number of nitrogens with zero attached hydrogens (tertiary/aromatic N) is 5. The van der Waals surface area contributed by atoms with Crippen LogP contribution in [0.2, 0.25) is 18.6 Å². The average Bonchev–Trinajstić information content (AvgIpc) is 3.82. The first kappa shape index (κ1) is 35.1. The van der Waals surface area contributed by atoms with E-state index in [-0.39, 0.29) is 35.8 Å². The van der Waals surface area contributed by atoms with Crippen molar-refractivity contribution in [2.45, 2.75) is 75.5 Å². The second-order valence-electron chi connectivity index (χ2n) is 15.1. The Balaban J connectivity index is 1.04. The Bertz CT molecular complexity index is 2130. The van der Waals surface area contributed by atoms with Crippen molar-refractivity contribution in [3.63, 3.8) is 0 Å².